The molecule has 0 radical (unpaired) electrons. The smallest absolute Gasteiger partial charge is 0.336 e. The van der Waals surface area contributed by atoms with E-state index in [-0.39, 0.29) is 10.5 Å². The highest BCUT2D eigenvalue weighted by Gasteiger charge is 2.20. The van der Waals surface area contributed by atoms with Gasteiger partial charge in [0.2, 0.25) is 0 Å². The van der Waals surface area contributed by atoms with Crippen molar-refractivity contribution in [3.05, 3.63) is 28.8 Å². The largest absolute Gasteiger partial charge is 0.478 e. The number of aromatic carboxylic acids is 3. The summed E-state index contributed by atoms with van der Waals surface area (Å²) >= 11 is 3.78. The van der Waals surface area contributed by atoms with Crippen molar-refractivity contribution in [1.82, 2.24) is 0 Å². The molecule has 6 nitrogen and oxygen atoms in total. The van der Waals surface area contributed by atoms with Crippen molar-refractivity contribution in [2.45, 2.75) is 4.90 Å². The number of carbonyl (C=O) groups is 3. The SMILES string of the molecule is O=C(O)c1cc(C(=O)O)c(C(=O)O)cc1S. The van der Waals surface area contributed by atoms with Gasteiger partial charge in [0.25, 0.3) is 0 Å². The first-order chi connectivity index (χ1) is 7.34. The Kier molecular flexibility index (Phi) is 3.19. The first-order valence-electron chi connectivity index (χ1n) is 3.91. The zero-order chi connectivity index (χ0) is 12.5. The van der Waals surface area contributed by atoms with Crippen molar-refractivity contribution in [1.29, 1.82) is 0 Å². The maximum atomic E-state index is 10.7. The third kappa shape index (κ3) is 2.14. The fourth-order valence-electron chi connectivity index (χ4n) is 1.11. The second-order valence-electron chi connectivity index (χ2n) is 2.83. The minimum atomic E-state index is -1.51. The van der Waals surface area contributed by atoms with Gasteiger partial charge in [0, 0.05) is 4.90 Å². The lowest BCUT2D eigenvalue weighted by molar-refractivity contribution is 0.0648. The van der Waals surface area contributed by atoms with Crippen LogP contribution in [0.1, 0.15) is 31.1 Å². The van der Waals surface area contributed by atoms with E-state index in [0.29, 0.717) is 0 Å². The summed E-state index contributed by atoms with van der Waals surface area (Å²) in [7, 11) is 0. The molecule has 0 aliphatic rings. The lowest BCUT2D eigenvalue weighted by atomic mass is 10.0. The third-order valence-corrected chi connectivity index (χ3v) is 2.20. The van der Waals surface area contributed by atoms with E-state index in [1.807, 2.05) is 0 Å². The van der Waals surface area contributed by atoms with Gasteiger partial charge in [-0.15, -0.1) is 12.6 Å². The van der Waals surface area contributed by atoms with Crippen LogP contribution in [-0.2, 0) is 0 Å². The molecule has 0 bridgehead atoms. The molecule has 84 valence electrons. The topological polar surface area (TPSA) is 112 Å². The van der Waals surface area contributed by atoms with E-state index in [4.69, 9.17) is 15.3 Å². The fourth-order valence-corrected chi connectivity index (χ4v) is 1.40. The second kappa shape index (κ2) is 4.23. The predicted octanol–water partition coefficient (Wildman–Crippen LogP) is 1.07. The Morgan fingerprint density at radius 1 is 0.812 bits per heavy atom. The van der Waals surface area contributed by atoms with Crippen molar-refractivity contribution in [3.8, 4) is 0 Å². The van der Waals surface area contributed by atoms with Gasteiger partial charge in [-0.25, -0.2) is 14.4 Å². The van der Waals surface area contributed by atoms with Gasteiger partial charge in [-0.1, -0.05) is 0 Å². The summed E-state index contributed by atoms with van der Waals surface area (Å²) in [6, 6.07) is 1.68. The van der Waals surface area contributed by atoms with Gasteiger partial charge in [-0.2, -0.15) is 0 Å². The van der Waals surface area contributed by atoms with Gasteiger partial charge in [-0.05, 0) is 12.1 Å². The summed E-state index contributed by atoms with van der Waals surface area (Å²) < 4.78 is 0. The highest BCUT2D eigenvalue weighted by Crippen LogP contribution is 2.20. The maximum absolute atomic E-state index is 10.7. The number of thiol groups is 1. The summed E-state index contributed by atoms with van der Waals surface area (Å²) in [4.78, 5) is 32.0. The molecule has 1 rings (SSSR count). The quantitative estimate of drug-likeness (QED) is 0.590. The molecule has 0 amide bonds. The van der Waals surface area contributed by atoms with Crippen LogP contribution >= 0.6 is 12.6 Å². The maximum Gasteiger partial charge on any atom is 0.336 e. The van der Waals surface area contributed by atoms with Crippen LogP contribution in [-0.4, -0.2) is 33.2 Å². The summed E-state index contributed by atoms with van der Waals surface area (Å²) in [5, 5.41) is 26.2. The Hall–Kier alpha value is -2.02. The molecule has 0 heterocycles. The van der Waals surface area contributed by atoms with Gasteiger partial charge in [0.05, 0.1) is 16.7 Å². The van der Waals surface area contributed by atoms with Gasteiger partial charge in [-0.3, -0.25) is 0 Å². The first-order valence-corrected chi connectivity index (χ1v) is 4.36. The molecule has 7 heteroatoms. The van der Waals surface area contributed by atoms with E-state index < -0.39 is 29.0 Å². The Labute approximate surface area is 94.5 Å². The molecule has 0 aromatic heterocycles. The molecule has 0 saturated heterocycles. The van der Waals surface area contributed by atoms with Gasteiger partial charge in [0.15, 0.2) is 0 Å². The number of hydrogen-bond acceptors (Lipinski definition) is 4. The van der Waals surface area contributed by atoms with Gasteiger partial charge in [0.1, 0.15) is 0 Å². The van der Waals surface area contributed by atoms with Gasteiger partial charge >= 0.3 is 17.9 Å². The standard InChI is InChI=1S/C9H6O6S/c10-7(11)3-1-5(9(14)15)6(16)2-4(3)8(12)13/h1-2,16H,(H,10,11)(H,12,13)(H,14,15). The zero-order valence-corrected chi connectivity index (χ0v) is 8.56. The number of carboxylic acids is 3. The second-order valence-corrected chi connectivity index (χ2v) is 3.31. The number of hydrogen-bond donors (Lipinski definition) is 4. The van der Waals surface area contributed by atoms with E-state index in [2.05, 4.69) is 12.6 Å². The number of rotatable bonds is 3. The van der Waals surface area contributed by atoms with Crippen LogP contribution in [0.15, 0.2) is 17.0 Å². The monoisotopic (exact) mass is 242 g/mol. The van der Waals surface area contributed by atoms with Crippen LogP contribution in [0.2, 0.25) is 0 Å². The van der Waals surface area contributed by atoms with E-state index in [0.717, 1.165) is 12.1 Å². The minimum Gasteiger partial charge on any atom is -0.478 e. The Balaban J connectivity index is 3.55. The summed E-state index contributed by atoms with van der Waals surface area (Å²) in [6.45, 7) is 0. The van der Waals surface area contributed by atoms with Crippen molar-refractivity contribution >= 4 is 30.5 Å². The average Bonchev–Trinajstić information content (AvgIpc) is 2.15. The molecule has 0 aliphatic heterocycles. The van der Waals surface area contributed by atoms with Crippen LogP contribution in [0.25, 0.3) is 0 Å². The summed E-state index contributed by atoms with van der Waals surface area (Å²) in [6.07, 6.45) is 0. The summed E-state index contributed by atoms with van der Waals surface area (Å²) in [5.74, 6) is -4.33. The van der Waals surface area contributed by atoms with Crippen molar-refractivity contribution in [3.63, 3.8) is 0 Å². The van der Waals surface area contributed by atoms with E-state index in [1.54, 1.807) is 0 Å². The molecular weight excluding hydrogens is 236 g/mol. The Morgan fingerprint density at radius 3 is 1.56 bits per heavy atom. The molecule has 1 aromatic rings. The molecule has 0 aliphatic carbocycles. The molecule has 1 aromatic carbocycles. The zero-order valence-electron chi connectivity index (χ0n) is 7.67. The first kappa shape index (κ1) is 12.1. The number of benzene rings is 1. The molecule has 0 atom stereocenters. The van der Waals surface area contributed by atoms with Crippen molar-refractivity contribution in [2.24, 2.45) is 0 Å². The van der Waals surface area contributed by atoms with Crippen LogP contribution in [0, 0.1) is 0 Å². The van der Waals surface area contributed by atoms with Gasteiger partial charge < -0.3 is 15.3 Å². The normalized spacial score (nSPS) is 9.81. The van der Waals surface area contributed by atoms with E-state index >= 15 is 0 Å². The van der Waals surface area contributed by atoms with E-state index in [9.17, 15) is 14.4 Å². The molecule has 0 saturated carbocycles. The molecule has 16 heavy (non-hydrogen) atoms. The van der Waals surface area contributed by atoms with Crippen LogP contribution in [0.3, 0.4) is 0 Å². The predicted molar refractivity (Wildman–Crippen MR) is 54.6 cm³/mol. The molecular formula is C9H6O6S. The molecule has 3 N–H and O–H groups in total. The molecule has 0 spiro atoms. The third-order valence-electron chi connectivity index (χ3n) is 1.83. The highest BCUT2D eigenvalue weighted by molar-refractivity contribution is 7.80. The average molecular weight is 242 g/mol. The van der Waals surface area contributed by atoms with Crippen LogP contribution < -0.4 is 0 Å². The van der Waals surface area contributed by atoms with E-state index in [1.165, 1.54) is 0 Å². The Morgan fingerprint density at radius 2 is 1.19 bits per heavy atom. The lowest BCUT2D eigenvalue weighted by Gasteiger charge is -2.05. The number of carboxylic acid groups (broad SMARTS) is 3. The highest BCUT2D eigenvalue weighted by atomic mass is 32.1. The molecule has 0 fully saturated rings. The van der Waals surface area contributed by atoms with Crippen LogP contribution in [0.4, 0.5) is 0 Å². The Bertz CT molecular complexity index is 493. The molecule has 0 unspecified atom stereocenters. The lowest BCUT2D eigenvalue weighted by Crippen LogP contribution is -2.11. The van der Waals surface area contributed by atoms with Crippen molar-refractivity contribution < 1.29 is 29.7 Å². The minimum absolute atomic E-state index is 0.102. The fraction of sp³-hybridized carbons (Fsp3) is 0. The van der Waals surface area contributed by atoms with Crippen LogP contribution in [0.5, 0.6) is 0 Å². The van der Waals surface area contributed by atoms with Crippen molar-refractivity contribution in [2.75, 3.05) is 0 Å². The summed E-state index contributed by atoms with van der Waals surface area (Å²) in [5.41, 5.74) is -1.43.